The van der Waals surface area contributed by atoms with Crippen molar-refractivity contribution in [1.82, 2.24) is 36.8 Å². The fraction of sp³-hybridized carbons (Fsp3) is 0.561. The molecule has 8 atom stereocenters. The minimum atomic E-state index is -1.53. The van der Waals surface area contributed by atoms with Gasteiger partial charge in [0.05, 0.1) is 12.5 Å². The number of primary amides is 2. The van der Waals surface area contributed by atoms with Gasteiger partial charge in [-0.15, -0.1) is 0 Å². The largest absolute Gasteiger partial charge is 0.370 e. The Morgan fingerprint density at radius 3 is 2.08 bits per heavy atom. The summed E-state index contributed by atoms with van der Waals surface area (Å²) in [7, 11) is 0. The van der Waals surface area contributed by atoms with Gasteiger partial charge in [0.1, 0.15) is 48.6 Å². The van der Waals surface area contributed by atoms with Crippen molar-refractivity contribution in [2.24, 2.45) is 43.8 Å². The Hall–Kier alpha value is -6.94. The fourth-order valence-corrected chi connectivity index (χ4v) is 7.53. The van der Waals surface area contributed by atoms with Crippen molar-refractivity contribution < 1.29 is 43.2 Å². The predicted molar refractivity (Wildman–Crippen MR) is 233 cm³/mol. The van der Waals surface area contributed by atoms with E-state index in [2.05, 4.69) is 46.9 Å². The van der Waals surface area contributed by atoms with Crippen molar-refractivity contribution in [3.05, 3.63) is 35.9 Å². The summed E-state index contributed by atoms with van der Waals surface area (Å²) in [6.07, 6.45) is 3.52. The molecule has 0 saturated carbocycles. The van der Waals surface area contributed by atoms with Crippen LogP contribution in [0.2, 0.25) is 0 Å². The minimum Gasteiger partial charge on any atom is -0.370 e. The standard InChI is InChI=1S/C41H60N14O9/c1-22(2)16-27(36(60)50-26(10-6-14-47-41(44)45)40(64)55-15-7-11-31(55)34(43)58)51-38(62)29(18-24-20-46-21-48-24)53-37(61)28(17-23-8-4-3-5-9-23)52-39(63)30(19-32(42)56)54-35(59)25-12-13-33(57)49-25/h3-5,8-9,20-22,24-31H,6-7,10-19H2,1-2H3,(H2,42,56)(H2,43,58)(H,49,57)(H,50,60)(H,51,62)(H,52,63)(H,53,61)(H,54,59)(H4,44,45,47)/t24?,25-,26-,27-,28-,29-,30-,31-/m0/s1. The zero-order chi connectivity index (χ0) is 46.9. The van der Waals surface area contributed by atoms with Gasteiger partial charge in [0, 0.05) is 38.6 Å². The first-order valence-corrected chi connectivity index (χ1v) is 21.2. The maximum Gasteiger partial charge on any atom is 0.245 e. The average molecular weight is 893 g/mol. The molecule has 1 aromatic carbocycles. The van der Waals surface area contributed by atoms with Gasteiger partial charge < -0.3 is 59.7 Å². The number of nitrogens with zero attached hydrogens (tertiary/aromatic N) is 4. The van der Waals surface area contributed by atoms with Crippen LogP contribution in [-0.2, 0) is 49.6 Å². The lowest BCUT2D eigenvalue weighted by molar-refractivity contribution is -0.141. The summed E-state index contributed by atoms with van der Waals surface area (Å²) in [5.74, 6) is -6.81. The number of likely N-dealkylation sites (tertiary alicyclic amines) is 1. The first-order valence-electron chi connectivity index (χ1n) is 21.2. The van der Waals surface area contributed by atoms with Crippen LogP contribution in [0.25, 0.3) is 0 Å². The summed E-state index contributed by atoms with van der Waals surface area (Å²) in [6, 6.07) is -0.520. The molecule has 14 N–H and O–H groups in total. The average Bonchev–Trinajstić information content (AvgIpc) is 4.04. The highest BCUT2D eigenvalue weighted by Gasteiger charge is 2.39. The van der Waals surface area contributed by atoms with Gasteiger partial charge in [-0.25, -0.2) is 4.99 Å². The molecule has 23 nitrogen and oxygen atoms in total. The Morgan fingerprint density at radius 1 is 0.828 bits per heavy atom. The van der Waals surface area contributed by atoms with Gasteiger partial charge in [0.15, 0.2) is 5.96 Å². The third-order valence-corrected chi connectivity index (χ3v) is 10.7. The van der Waals surface area contributed by atoms with E-state index in [4.69, 9.17) is 22.9 Å². The molecular weight excluding hydrogens is 833 g/mol. The molecule has 2 fully saturated rings. The Bertz CT molecular complexity index is 1960. The monoisotopic (exact) mass is 892 g/mol. The Kier molecular flexibility index (Phi) is 18.7. The van der Waals surface area contributed by atoms with E-state index in [1.54, 1.807) is 30.3 Å². The van der Waals surface area contributed by atoms with Gasteiger partial charge in [0.2, 0.25) is 53.2 Å². The summed E-state index contributed by atoms with van der Waals surface area (Å²) < 4.78 is 0. The van der Waals surface area contributed by atoms with Crippen LogP contribution in [0.1, 0.15) is 77.2 Å². The summed E-state index contributed by atoms with van der Waals surface area (Å²) in [6.45, 7) is 4.04. The van der Waals surface area contributed by atoms with Crippen LogP contribution in [0, 0.1) is 5.92 Å². The van der Waals surface area contributed by atoms with Gasteiger partial charge in [-0.05, 0) is 50.0 Å². The Labute approximate surface area is 370 Å². The molecular formula is C41H60N14O9. The number of guanidine groups is 1. The zero-order valence-electron chi connectivity index (χ0n) is 36.0. The molecule has 3 heterocycles. The van der Waals surface area contributed by atoms with Crippen LogP contribution in [0.4, 0.5) is 0 Å². The van der Waals surface area contributed by atoms with E-state index < -0.39 is 102 Å². The number of nitrogens with two attached hydrogens (primary N) is 4. The quantitative estimate of drug-likeness (QED) is 0.0273. The van der Waals surface area contributed by atoms with E-state index in [0.717, 1.165) is 0 Å². The zero-order valence-corrected chi connectivity index (χ0v) is 36.0. The molecule has 3 aliphatic rings. The molecule has 0 radical (unpaired) electrons. The third-order valence-electron chi connectivity index (χ3n) is 10.7. The van der Waals surface area contributed by atoms with Crippen LogP contribution in [0.15, 0.2) is 45.3 Å². The van der Waals surface area contributed by atoms with E-state index in [1.807, 2.05) is 13.8 Å². The summed E-state index contributed by atoms with van der Waals surface area (Å²) in [5, 5.41) is 15.7. The van der Waals surface area contributed by atoms with E-state index in [-0.39, 0.29) is 75.8 Å². The van der Waals surface area contributed by atoms with E-state index in [1.165, 1.54) is 17.5 Å². The summed E-state index contributed by atoms with van der Waals surface area (Å²) in [4.78, 5) is 133. The highest BCUT2D eigenvalue weighted by molar-refractivity contribution is 5.99. The SMILES string of the molecule is CC(C)C[C@H](NC(=O)[C@H](CC1C=NC=N1)NC(=O)[C@H](Cc1ccccc1)NC(=O)[C@H](CC(N)=O)NC(=O)[C@@H]1CCC(=O)N1)C(=O)N[C@@H](CCCN=C(N)N)C(=O)N1CCC[C@H]1C(N)=O. The highest BCUT2D eigenvalue weighted by Crippen LogP contribution is 2.20. The minimum absolute atomic E-state index is 0.0824. The fourth-order valence-electron chi connectivity index (χ4n) is 7.53. The second-order valence-electron chi connectivity index (χ2n) is 16.4. The molecule has 9 amide bonds. The lowest BCUT2D eigenvalue weighted by atomic mass is 10.00. The van der Waals surface area contributed by atoms with Crippen LogP contribution >= 0.6 is 0 Å². The van der Waals surface area contributed by atoms with Crippen molar-refractivity contribution in [2.75, 3.05) is 13.1 Å². The van der Waals surface area contributed by atoms with Gasteiger partial charge >= 0.3 is 0 Å². The molecule has 0 aromatic heterocycles. The molecule has 1 aromatic rings. The van der Waals surface area contributed by atoms with Crippen LogP contribution in [0.5, 0.6) is 0 Å². The van der Waals surface area contributed by atoms with Gasteiger partial charge in [-0.3, -0.25) is 53.1 Å². The van der Waals surface area contributed by atoms with Gasteiger partial charge in [0.25, 0.3) is 0 Å². The number of benzene rings is 1. The molecule has 4 rings (SSSR count). The van der Waals surface area contributed by atoms with Crippen molar-refractivity contribution in [3.63, 3.8) is 0 Å². The number of carbonyl (C=O) groups is 9. The van der Waals surface area contributed by atoms with Crippen LogP contribution in [-0.4, -0.2) is 138 Å². The first-order chi connectivity index (χ1) is 30.4. The summed E-state index contributed by atoms with van der Waals surface area (Å²) in [5.41, 5.74) is 22.6. The molecule has 2 saturated heterocycles. The van der Waals surface area contributed by atoms with Crippen molar-refractivity contribution in [2.45, 2.75) is 126 Å². The topological polar surface area (TPSA) is 370 Å². The lowest BCUT2D eigenvalue weighted by Gasteiger charge is -2.30. The maximum absolute atomic E-state index is 14.3. The van der Waals surface area contributed by atoms with Crippen LogP contribution < -0.4 is 54.8 Å². The number of amides is 9. The van der Waals surface area contributed by atoms with Gasteiger partial charge in [-0.2, -0.15) is 0 Å². The second kappa shape index (κ2) is 24.1. The molecule has 0 aliphatic carbocycles. The second-order valence-corrected chi connectivity index (χ2v) is 16.4. The van der Waals surface area contributed by atoms with Gasteiger partial charge in [-0.1, -0.05) is 44.2 Å². The van der Waals surface area contributed by atoms with E-state index in [9.17, 15) is 43.2 Å². The maximum atomic E-state index is 14.3. The normalized spacial score (nSPS) is 20.0. The molecule has 23 heteroatoms. The third kappa shape index (κ3) is 15.4. The van der Waals surface area contributed by atoms with E-state index >= 15 is 0 Å². The van der Waals surface area contributed by atoms with Crippen molar-refractivity contribution in [1.29, 1.82) is 0 Å². The Morgan fingerprint density at radius 2 is 1.47 bits per heavy atom. The first kappa shape index (κ1) is 49.7. The lowest BCUT2D eigenvalue weighted by Crippen LogP contribution is -2.60. The molecule has 0 bridgehead atoms. The number of carbonyl (C=O) groups excluding carboxylic acids is 9. The molecule has 64 heavy (non-hydrogen) atoms. The highest BCUT2D eigenvalue weighted by atomic mass is 16.2. The predicted octanol–water partition coefficient (Wildman–Crippen LogP) is -3.75. The number of nitrogens with one attached hydrogen (secondary N) is 6. The molecule has 1 unspecified atom stereocenters. The Balaban J connectivity index is 1.58. The smallest absolute Gasteiger partial charge is 0.245 e. The van der Waals surface area contributed by atoms with Crippen molar-refractivity contribution >= 4 is 71.7 Å². The summed E-state index contributed by atoms with van der Waals surface area (Å²) >= 11 is 0. The van der Waals surface area contributed by atoms with Crippen molar-refractivity contribution in [3.8, 4) is 0 Å². The van der Waals surface area contributed by atoms with E-state index in [0.29, 0.717) is 18.4 Å². The number of rotatable bonds is 24. The number of hydrogen-bond donors (Lipinski definition) is 10. The number of aliphatic imine (C=N–C) groups is 3. The molecule has 3 aliphatic heterocycles. The molecule has 348 valence electrons. The van der Waals surface area contributed by atoms with Crippen LogP contribution in [0.3, 0.4) is 0 Å². The molecule has 0 spiro atoms. The number of hydrogen-bond acceptors (Lipinski definition) is 12.